The number of alkyl halides is 3. The molecule has 0 aromatic carbocycles. The summed E-state index contributed by atoms with van der Waals surface area (Å²) < 4.78 is 42.7. The Morgan fingerprint density at radius 2 is 2.04 bits per heavy atom. The Balaban J connectivity index is 1.73. The molecule has 3 heterocycles. The number of halogens is 3. The number of aromatic nitrogens is 6. The van der Waals surface area contributed by atoms with Gasteiger partial charge in [-0.25, -0.2) is 9.97 Å². The van der Waals surface area contributed by atoms with Gasteiger partial charge in [0.1, 0.15) is 0 Å². The van der Waals surface area contributed by atoms with Crippen LogP contribution in [0.3, 0.4) is 0 Å². The van der Waals surface area contributed by atoms with Gasteiger partial charge in [-0.1, -0.05) is 0 Å². The minimum atomic E-state index is -4.55. The normalized spacial score (nSPS) is 11.7. The van der Waals surface area contributed by atoms with Gasteiger partial charge in [0, 0.05) is 38.1 Å². The lowest BCUT2D eigenvalue weighted by Crippen LogP contribution is -2.14. The standard InChI is InChI=1S/C16H18F3N7/c1-11-4-7-26(24-11)6-3-5-20-15-22-13(12-9-21-25(2)10-12)8-14(23-15)16(17,18)19/h4,7-10H,3,5-6H2,1-2H3,(H,20,22,23). The molecule has 0 unspecified atom stereocenters. The third kappa shape index (κ3) is 4.38. The number of aryl methyl sites for hydroxylation is 3. The van der Waals surface area contributed by atoms with Crippen molar-refractivity contribution >= 4 is 5.95 Å². The van der Waals surface area contributed by atoms with Crippen molar-refractivity contribution < 1.29 is 13.2 Å². The van der Waals surface area contributed by atoms with Gasteiger partial charge in [-0.05, 0) is 25.5 Å². The van der Waals surface area contributed by atoms with Crippen molar-refractivity contribution in [1.29, 1.82) is 0 Å². The molecule has 10 heteroatoms. The summed E-state index contributed by atoms with van der Waals surface area (Å²) in [6, 6.07) is 2.82. The Labute approximate surface area is 147 Å². The van der Waals surface area contributed by atoms with Crippen molar-refractivity contribution in [2.75, 3.05) is 11.9 Å². The molecule has 0 radical (unpaired) electrons. The zero-order valence-corrected chi connectivity index (χ0v) is 14.3. The molecule has 0 aliphatic heterocycles. The largest absolute Gasteiger partial charge is 0.433 e. The number of hydrogen-bond acceptors (Lipinski definition) is 5. The number of anilines is 1. The maximum Gasteiger partial charge on any atom is 0.433 e. The van der Waals surface area contributed by atoms with Gasteiger partial charge in [-0.2, -0.15) is 23.4 Å². The van der Waals surface area contributed by atoms with E-state index < -0.39 is 11.9 Å². The van der Waals surface area contributed by atoms with Gasteiger partial charge in [0.15, 0.2) is 5.69 Å². The van der Waals surface area contributed by atoms with E-state index in [1.165, 1.54) is 10.9 Å². The topological polar surface area (TPSA) is 73.5 Å². The maximum atomic E-state index is 13.1. The fourth-order valence-corrected chi connectivity index (χ4v) is 2.40. The molecular formula is C16H18F3N7. The number of hydrogen-bond donors (Lipinski definition) is 1. The van der Waals surface area contributed by atoms with E-state index in [1.807, 2.05) is 19.2 Å². The van der Waals surface area contributed by atoms with E-state index in [-0.39, 0.29) is 11.6 Å². The first-order valence-electron chi connectivity index (χ1n) is 8.00. The molecule has 0 aliphatic carbocycles. The van der Waals surface area contributed by atoms with Gasteiger partial charge in [0.25, 0.3) is 0 Å². The Kier molecular flexibility index (Phi) is 4.92. The smallest absolute Gasteiger partial charge is 0.354 e. The van der Waals surface area contributed by atoms with Gasteiger partial charge in [-0.3, -0.25) is 9.36 Å². The van der Waals surface area contributed by atoms with E-state index in [4.69, 9.17) is 0 Å². The molecule has 3 aromatic heterocycles. The fraction of sp³-hybridized carbons (Fsp3) is 0.375. The van der Waals surface area contributed by atoms with Crippen LogP contribution < -0.4 is 5.32 Å². The van der Waals surface area contributed by atoms with E-state index in [9.17, 15) is 13.2 Å². The van der Waals surface area contributed by atoms with Crippen LogP contribution in [-0.2, 0) is 19.8 Å². The summed E-state index contributed by atoms with van der Waals surface area (Å²) in [5.41, 5.74) is 0.595. The zero-order valence-electron chi connectivity index (χ0n) is 14.3. The maximum absolute atomic E-state index is 13.1. The van der Waals surface area contributed by atoms with E-state index >= 15 is 0 Å². The quantitative estimate of drug-likeness (QED) is 0.680. The van der Waals surface area contributed by atoms with Gasteiger partial charge < -0.3 is 5.32 Å². The second kappa shape index (κ2) is 7.14. The minimum absolute atomic E-state index is 0.0599. The first kappa shape index (κ1) is 17.9. The van der Waals surface area contributed by atoms with E-state index in [0.717, 1.165) is 11.8 Å². The first-order valence-corrected chi connectivity index (χ1v) is 8.00. The summed E-state index contributed by atoms with van der Waals surface area (Å²) in [6.07, 6.45) is 1.04. The van der Waals surface area contributed by atoms with Crippen molar-refractivity contribution in [2.45, 2.75) is 26.1 Å². The summed E-state index contributed by atoms with van der Waals surface area (Å²) in [7, 11) is 1.69. The summed E-state index contributed by atoms with van der Waals surface area (Å²) in [6.45, 7) is 2.97. The number of nitrogens with zero attached hydrogens (tertiary/aromatic N) is 6. The lowest BCUT2D eigenvalue weighted by atomic mass is 10.2. The molecule has 7 nitrogen and oxygen atoms in total. The molecule has 3 aromatic rings. The Morgan fingerprint density at radius 3 is 2.65 bits per heavy atom. The molecule has 1 N–H and O–H groups in total. The molecule has 3 rings (SSSR count). The predicted molar refractivity (Wildman–Crippen MR) is 89.3 cm³/mol. The highest BCUT2D eigenvalue weighted by Crippen LogP contribution is 2.30. The van der Waals surface area contributed by atoms with Crippen LogP contribution >= 0.6 is 0 Å². The van der Waals surface area contributed by atoms with E-state index in [1.54, 1.807) is 17.9 Å². The molecule has 0 atom stereocenters. The molecule has 138 valence electrons. The fourth-order valence-electron chi connectivity index (χ4n) is 2.40. The lowest BCUT2D eigenvalue weighted by Gasteiger charge is -2.11. The van der Waals surface area contributed by atoms with Crippen molar-refractivity contribution in [3.63, 3.8) is 0 Å². The molecule has 0 bridgehead atoms. The van der Waals surface area contributed by atoms with E-state index in [0.29, 0.717) is 25.1 Å². The summed E-state index contributed by atoms with van der Waals surface area (Å²) >= 11 is 0. The van der Waals surface area contributed by atoms with E-state index in [2.05, 4.69) is 25.5 Å². The molecular weight excluding hydrogens is 347 g/mol. The van der Waals surface area contributed by atoms with Crippen molar-refractivity contribution in [3.05, 3.63) is 42.1 Å². The van der Waals surface area contributed by atoms with Gasteiger partial charge in [-0.15, -0.1) is 0 Å². The van der Waals surface area contributed by atoms with Crippen LogP contribution in [0.1, 0.15) is 17.8 Å². The molecule has 0 amide bonds. The van der Waals surface area contributed by atoms with Crippen LogP contribution in [0.15, 0.2) is 30.7 Å². The molecule has 0 fully saturated rings. The summed E-state index contributed by atoms with van der Waals surface area (Å²) in [4.78, 5) is 7.77. The number of rotatable bonds is 6. The molecule has 0 spiro atoms. The highest BCUT2D eigenvalue weighted by molar-refractivity contribution is 5.59. The molecule has 26 heavy (non-hydrogen) atoms. The first-order chi connectivity index (χ1) is 12.3. The predicted octanol–water partition coefficient (Wildman–Crippen LogP) is 2.90. The molecule has 0 saturated carbocycles. The number of nitrogens with one attached hydrogen (secondary N) is 1. The SMILES string of the molecule is Cc1ccn(CCCNc2nc(-c3cnn(C)c3)cc(C(F)(F)F)n2)n1. The van der Waals surface area contributed by atoms with Crippen LogP contribution in [0, 0.1) is 6.92 Å². The average molecular weight is 365 g/mol. The Morgan fingerprint density at radius 1 is 1.23 bits per heavy atom. The lowest BCUT2D eigenvalue weighted by molar-refractivity contribution is -0.141. The van der Waals surface area contributed by atoms with Crippen molar-refractivity contribution in [3.8, 4) is 11.3 Å². The monoisotopic (exact) mass is 365 g/mol. The average Bonchev–Trinajstić information content (AvgIpc) is 3.19. The highest BCUT2D eigenvalue weighted by Gasteiger charge is 2.33. The van der Waals surface area contributed by atoms with Crippen LogP contribution in [0.5, 0.6) is 0 Å². The van der Waals surface area contributed by atoms with Gasteiger partial charge in [0.2, 0.25) is 5.95 Å². The van der Waals surface area contributed by atoms with Crippen LogP contribution in [-0.4, -0.2) is 36.1 Å². The third-order valence-corrected chi connectivity index (χ3v) is 3.64. The highest BCUT2D eigenvalue weighted by atomic mass is 19.4. The van der Waals surface area contributed by atoms with Gasteiger partial charge in [0.05, 0.1) is 17.6 Å². The van der Waals surface area contributed by atoms with Gasteiger partial charge >= 0.3 is 6.18 Å². The van der Waals surface area contributed by atoms with Crippen LogP contribution in [0.4, 0.5) is 19.1 Å². The summed E-state index contributed by atoms with van der Waals surface area (Å²) in [5.74, 6) is -0.0599. The zero-order chi connectivity index (χ0) is 18.7. The second-order valence-corrected chi connectivity index (χ2v) is 5.86. The van der Waals surface area contributed by atoms with Crippen molar-refractivity contribution in [1.82, 2.24) is 29.5 Å². The molecule has 0 saturated heterocycles. The van der Waals surface area contributed by atoms with Crippen LogP contribution in [0.25, 0.3) is 11.3 Å². The van der Waals surface area contributed by atoms with Crippen molar-refractivity contribution in [2.24, 2.45) is 7.05 Å². The Hall–Kier alpha value is -2.91. The van der Waals surface area contributed by atoms with Crippen LogP contribution in [0.2, 0.25) is 0 Å². The minimum Gasteiger partial charge on any atom is -0.354 e. The third-order valence-electron chi connectivity index (χ3n) is 3.64. The second-order valence-electron chi connectivity index (χ2n) is 5.86. The Bertz CT molecular complexity index is 882. The summed E-state index contributed by atoms with van der Waals surface area (Å²) in [5, 5.41) is 11.1. The molecule has 0 aliphatic rings.